The number of nitrogens with zero attached hydrogens (tertiary/aromatic N) is 2. The molecule has 0 radical (unpaired) electrons. The number of benzene rings is 2. The van der Waals surface area contributed by atoms with E-state index in [1.54, 1.807) is 24.8 Å². The van der Waals surface area contributed by atoms with Crippen LogP contribution in [0, 0.1) is 23.7 Å². The predicted octanol–water partition coefficient (Wildman–Crippen LogP) is 4.43. The normalized spacial score (nSPS) is 9.69. The highest BCUT2D eigenvalue weighted by atomic mass is 14.6. The van der Waals surface area contributed by atoms with E-state index in [0.717, 1.165) is 33.0 Å². The molecule has 0 fully saturated rings. The maximum absolute atomic E-state index is 4.03. The number of hydrogen-bond donors (Lipinski definition) is 0. The van der Waals surface area contributed by atoms with Crippen molar-refractivity contribution >= 4 is 10.8 Å². The Balaban J connectivity index is 1.82. The molecule has 2 heterocycles. The number of aromatic nitrogens is 2. The quantitative estimate of drug-likeness (QED) is 0.446. The maximum atomic E-state index is 4.03. The highest BCUT2D eigenvalue weighted by Gasteiger charge is 2.01. The summed E-state index contributed by atoms with van der Waals surface area (Å²) in [5.41, 5.74) is 3.70. The van der Waals surface area contributed by atoms with Crippen LogP contribution in [-0.2, 0) is 0 Å². The van der Waals surface area contributed by atoms with Crippen molar-refractivity contribution < 1.29 is 0 Å². The lowest BCUT2D eigenvalue weighted by atomic mass is 10.0. The van der Waals surface area contributed by atoms with Gasteiger partial charge in [0.15, 0.2) is 0 Å². The minimum absolute atomic E-state index is 0.919. The zero-order chi connectivity index (χ0) is 17.6. The Hall–Kier alpha value is -3.88. The summed E-state index contributed by atoms with van der Waals surface area (Å²) in [4.78, 5) is 8.05. The molecule has 4 rings (SSSR count). The second-order valence-electron chi connectivity index (χ2n) is 5.72. The molecule has 0 saturated carbocycles. The average Bonchev–Trinajstić information content (AvgIpc) is 2.72. The predicted molar refractivity (Wildman–Crippen MR) is 104 cm³/mol. The Morgan fingerprint density at radius 2 is 0.923 bits per heavy atom. The van der Waals surface area contributed by atoms with Gasteiger partial charge in [0.25, 0.3) is 0 Å². The molecule has 2 heteroatoms. The van der Waals surface area contributed by atoms with Crippen molar-refractivity contribution in [2.75, 3.05) is 0 Å². The molecule has 120 valence electrons. The zero-order valence-corrected chi connectivity index (χ0v) is 14.0. The van der Waals surface area contributed by atoms with E-state index in [4.69, 9.17) is 0 Å². The van der Waals surface area contributed by atoms with Crippen molar-refractivity contribution in [2.45, 2.75) is 0 Å². The first kappa shape index (κ1) is 15.6. The topological polar surface area (TPSA) is 25.8 Å². The molecule has 0 amide bonds. The summed E-state index contributed by atoms with van der Waals surface area (Å²) in [7, 11) is 0. The first-order valence-corrected chi connectivity index (χ1v) is 8.25. The Kier molecular flexibility index (Phi) is 4.42. The summed E-state index contributed by atoms with van der Waals surface area (Å²) in [6.07, 6.45) is 6.98. The van der Waals surface area contributed by atoms with Crippen LogP contribution in [0.3, 0.4) is 0 Å². The van der Waals surface area contributed by atoms with E-state index in [1.165, 1.54) is 0 Å². The van der Waals surface area contributed by atoms with Crippen LogP contribution in [0.2, 0.25) is 0 Å². The number of fused-ring (bicyclic) bond motifs is 1. The Morgan fingerprint density at radius 3 is 1.35 bits per heavy atom. The number of pyridine rings is 2. The van der Waals surface area contributed by atoms with Crippen LogP contribution in [0.4, 0.5) is 0 Å². The van der Waals surface area contributed by atoms with E-state index in [0.29, 0.717) is 0 Å². The lowest BCUT2D eigenvalue weighted by molar-refractivity contribution is 1.32. The molecule has 26 heavy (non-hydrogen) atoms. The number of rotatable bonds is 0. The van der Waals surface area contributed by atoms with Crippen molar-refractivity contribution in [1.82, 2.24) is 9.97 Å². The van der Waals surface area contributed by atoms with E-state index < -0.39 is 0 Å². The molecular weight excluding hydrogens is 316 g/mol. The van der Waals surface area contributed by atoms with Gasteiger partial charge in [-0.3, -0.25) is 9.97 Å². The minimum Gasteiger partial charge on any atom is -0.265 e. The van der Waals surface area contributed by atoms with Crippen molar-refractivity contribution in [2.24, 2.45) is 0 Å². The van der Waals surface area contributed by atoms with Crippen molar-refractivity contribution in [1.29, 1.82) is 0 Å². The fourth-order valence-corrected chi connectivity index (χ4v) is 2.60. The van der Waals surface area contributed by atoms with Crippen LogP contribution < -0.4 is 0 Å². The van der Waals surface area contributed by atoms with Gasteiger partial charge in [0, 0.05) is 47.0 Å². The lowest BCUT2D eigenvalue weighted by Gasteiger charge is -2.02. The summed E-state index contributed by atoms with van der Waals surface area (Å²) in [6.45, 7) is 0. The standard InChI is InChI=1S/C24H14N2/c1-2-4-22-18-24(8-6-20-11-15-26-16-12-20)23(17-21(22)3-1)7-5-19-9-13-25-14-10-19/h1-4,9-18H. The average molecular weight is 330 g/mol. The monoisotopic (exact) mass is 330 g/mol. The fourth-order valence-electron chi connectivity index (χ4n) is 2.60. The van der Waals surface area contributed by atoms with Crippen LogP contribution in [0.1, 0.15) is 22.3 Å². The van der Waals surface area contributed by atoms with Crippen LogP contribution in [0.5, 0.6) is 0 Å². The van der Waals surface area contributed by atoms with Gasteiger partial charge in [-0.1, -0.05) is 47.9 Å². The highest BCUT2D eigenvalue weighted by molar-refractivity contribution is 5.86. The van der Waals surface area contributed by atoms with Crippen LogP contribution in [0.15, 0.2) is 85.5 Å². The molecule has 0 bridgehead atoms. The highest BCUT2D eigenvalue weighted by Crippen LogP contribution is 2.19. The van der Waals surface area contributed by atoms with Gasteiger partial charge in [-0.15, -0.1) is 0 Å². The van der Waals surface area contributed by atoms with E-state index in [-0.39, 0.29) is 0 Å². The van der Waals surface area contributed by atoms with Crippen LogP contribution >= 0.6 is 0 Å². The SMILES string of the molecule is C(#Cc1cc2ccccc2cc1C#Cc1ccncc1)c1ccncc1. The molecule has 0 unspecified atom stereocenters. The molecule has 0 spiro atoms. The first-order valence-electron chi connectivity index (χ1n) is 8.25. The van der Waals surface area contributed by atoms with Gasteiger partial charge in [-0.25, -0.2) is 0 Å². The van der Waals surface area contributed by atoms with Gasteiger partial charge in [0.2, 0.25) is 0 Å². The summed E-state index contributed by atoms with van der Waals surface area (Å²) in [5, 5.41) is 2.31. The van der Waals surface area contributed by atoms with Gasteiger partial charge in [-0.2, -0.15) is 0 Å². The van der Waals surface area contributed by atoms with E-state index in [2.05, 4.69) is 57.9 Å². The van der Waals surface area contributed by atoms with Gasteiger partial charge in [0.1, 0.15) is 0 Å². The largest absolute Gasteiger partial charge is 0.265 e. The maximum Gasteiger partial charge on any atom is 0.0412 e. The molecule has 2 nitrogen and oxygen atoms in total. The molecule has 0 aliphatic heterocycles. The van der Waals surface area contributed by atoms with Crippen LogP contribution in [-0.4, -0.2) is 9.97 Å². The van der Waals surface area contributed by atoms with Crippen LogP contribution in [0.25, 0.3) is 10.8 Å². The summed E-state index contributed by atoms with van der Waals surface area (Å²) < 4.78 is 0. The zero-order valence-electron chi connectivity index (χ0n) is 14.0. The first-order chi connectivity index (χ1) is 12.9. The molecule has 0 N–H and O–H groups in total. The number of hydrogen-bond acceptors (Lipinski definition) is 2. The Morgan fingerprint density at radius 1 is 0.500 bits per heavy atom. The van der Waals surface area contributed by atoms with Gasteiger partial charge >= 0.3 is 0 Å². The molecule has 0 aliphatic carbocycles. The molecule has 4 aromatic rings. The molecule has 0 atom stereocenters. The van der Waals surface area contributed by atoms with E-state index >= 15 is 0 Å². The third-order valence-corrected chi connectivity index (χ3v) is 3.93. The van der Waals surface area contributed by atoms with Crippen molar-refractivity contribution in [3.63, 3.8) is 0 Å². The molecule has 0 aliphatic rings. The Labute approximate surface area is 152 Å². The molecule has 0 saturated heterocycles. The minimum atomic E-state index is 0.919. The van der Waals surface area contributed by atoms with E-state index in [1.807, 2.05) is 36.4 Å². The second kappa shape index (κ2) is 7.34. The summed E-state index contributed by atoms with van der Waals surface area (Å²) in [5.74, 6) is 12.9. The smallest absolute Gasteiger partial charge is 0.0412 e. The molecular formula is C24H14N2. The molecule has 2 aromatic heterocycles. The van der Waals surface area contributed by atoms with Gasteiger partial charge in [0.05, 0.1) is 0 Å². The Bertz CT molecular complexity index is 1080. The third kappa shape index (κ3) is 3.61. The second-order valence-corrected chi connectivity index (χ2v) is 5.72. The fraction of sp³-hybridized carbons (Fsp3) is 0. The van der Waals surface area contributed by atoms with Gasteiger partial charge in [-0.05, 0) is 47.2 Å². The summed E-state index contributed by atoms with van der Waals surface area (Å²) >= 11 is 0. The van der Waals surface area contributed by atoms with Crippen molar-refractivity contribution in [3.05, 3.63) is 108 Å². The van der Waals surface area contributed by atoms with E-state index in [9.17, 15) is 0 Å². The molecule has 2 aromatic carbocycles. The lowest BCUT2D eigenvalue weighted by Crippen LogP contribution is -1.86. The summed E-state index contributed by atoms with van der Waals surface area (Å²) in [6, 6.07) is 20.0. The third-order valence-electron chi connectivity index (χ3n) is 3.93. The van der Waals surface area contributed by atoms with Gasteiger partial charge < -0.3 is 0 Å². The van der Waals surface area contributed by atoms with Crippen molar-refractivity contribution in [3.8, 4) is 23.7 Å².